The van der Waals surface area contributed by atoms with E-state index in [4.69, 9.17) is 0 Å². The van der Waals surface area contributed by atoms with E-state index in [0.29, 0.717) is 19.6 Å². The summed E-state index contributed by atoms with van der Waals surface area (Å²) in [6, 6.07) is 9.18. The van der Waals surface area contributed by atoms with Crippen molar-refractivity contribution in [2.45, 2.75) is 31.3 Å². The molecule has 5 nitrogen and oxygen atoms in total. The zero-order valence-electron chi connectivity index (χ0n) is 12.0. The number of amides is 2. The first kappa shape index (κ1) is 14.1. The molecule has 0 aromatic heterocycles. The number of likely N-dealkylation sites (tertiary alicyclic amines) is 1. The highest BCUT2D eigenvalue weighted by atomic mass is 16.3. The van der Waals surface area contributed by atoms with E-state index in [9.17, 15) is 14.7 Å². The number of carbonyl (C=O) groups is 2. The summed E-state index contributed by atoms with van der Waals surface area (Å²) in [7, 11) is 0. The number of rotatable bonds is 2. The van der Waals surface area contributed by atoms with Crippen molar-refractivity contribution >= 4 is 17.5 Å². The molecule has 112 valence electrons. The van der Waals surface area contributed by atoms with Gasteiger partial charge < -0.3 is 14.9 Å². The van der Waals surface area contributed by atoms with Crippen LogP contribution in [0.15, 0.2) is 30.3 Å². The lowest BCUT2D eigenvalue weighted by molar-refractivity contribution is -0.158. The molecule has 2 amide bonds. The number of hydrogen-bond donors (Lipinski definition) is 1. The molecule has 0 aliphatic carbocycles. The Morgan fingerprint density at radius 1 is 1.05 bits per heavy atom. The molecule has 0 bridgehead atoms. The maximum absolute atomic E-state index is 12.5. The van der Waals surface area contributed by atoms with E-state index in [1.54, 1.807) is 4.90 Å². The van der Waals surface area contributed by atoms with Gasteiger partial charge in [0.15, 0.2) is 0 Å². The van der Waals surface area contributed by atoms with Gasteiger partial charge in [0.05, 0.1) is 0 Å². The monoisotopic (exact) mass is 288 g/mol. The van der Waals surface area contributed by atoms with Crippen LogP contribution in [0.1, 0.15) is 25.7 Å². The molecule has 2 heterocycles. The van der Waals surface area contributed by atoms with Gasteiger partial charge in [-0.3, -0.25) is 9.59 Å². The number of anilines is 1. The second kappa shape index (κ2) is 5.48. The van der Waals surface area contributed by atoms with Crippen molar-refractivity contribution in [2.75, 3.05) is 24.5 Å². The highest BCUT2D eigenvalue weighted by molar-refractivity contribution is 6.16. The van der Waals surface area contributed by atoms with Gasteiger partial charge in [0.2, 0.25) is 5.60 Å². The summed E-state index contributed by atoms with van der Waals surface area (Å²) in [5, 5.41) is 10.6. The summed E-state index contributed by atoms with van der Waals surface area (Å²) in [6.07, 6.45) is 3.15. The first-order chi connectivity index (χ1) is 10.1. The van der Waals surface area contributed by atoms with Crippen molar-refractivity contribution in [1.82, 2.24) is 4.90 Å². The molecule has 1 aromatic carbocycles. The van der Waals surface area contributed by atoms with Crippen LogP contribution in [0.5, 0.6) is 0 Å². The third-order valence-electron chi connectivity index (χ3n) is 4.36. The van der Waals surface area contributed by atoms with Crippen LogP contribution in [0.4, 0.5) is 5.69 Å². The summed E-state index contributed by atoms with van der Waals surface area (Å²) < 4.78 is 0. The van der Waals surface area contributed by atoms with Crippen LogP contribution in [-0.4, -0.2) is 47.1 Å². The maximum Gasteiger partial charge on any atom is 0.268 e. The molecule has 2 fully saturated rings. The summed E-state index contributed by atoms with van der Waals surface area (Å²) in [4.78, 5) is 28.2. The van der Waals surface area contributed by atoms with Gasteiger partial charge in [0.1, 0.15) is 0 Å². The standard InChI is InChI=1S/C16H20N2O3/c19-14(17-10-5-2-6-11-17)16(21)9-12-18(15(16)20)13-7-3-1-4-8-13/h1,3-4,7-8,21H,2,5-6,9-12H2. The first-order valence-corrected chi connectivity index (χ1v) is 7.52. The lowest BCUT2D eigenvalue weighted by Crippen LogP contribution is -2.55. The fourth-order valence-electron chi connectivity index (χ4n) is 3.12. The smallest absolute Gasteiger partial charge is 0.268 e. The van der Waals surface area contributed by atoms with E-state index in [0.717, 1.165) is 24.9 Å². The summed E-state index contributed by atoms with van der Waals surface area (Å²) >= 11 is 0. The molecule has 1 atom stereocenters. The summed E-state index contributed by atoms with van der Waals surface area (Å²) in [6.45, 7) is 1.65. The molecule has 5 heteroatoms. The Balaban J connectivity index is 1.79. The molecule has 1 N–H and O–H groups in total. The highest BCUT2D eigenvalue weighted by Crippen LogP contribution is 2.30. The van der Waals surface area contributed by atoms with Crippen LogP contribution < -0.4 is 4.90 Å². The Hall–Kier alpha value is -1.88. The van der Waals surface area contributed by atoms with E-state index in [1.807, 2.05) is 30.3 Å². The van der Waals surface area contributed by atoms with Crippen LogP contribution in [-0.2, 0) is 9.59 Å². The minimum atomic E-state index is -1.88. The summed E-state index contributed by atoms with van der Waals surface area (Å²) in [5.41, 5.74) is -1.16. The molecule has 2 aliphatic heterocycles. The van der Waals surface area contributed by atoms with E-state index < -0.39 is 17.4 Å². The molecular formula is C16H20N2O3. The Bertz CT molecular complexity index is 540. The molecule has 2 aliphatic rings. The van der Waals surface area contributed by atoms with Crippen molar-refractivity contribution in [3.05, 3.63) is 30.3 Å². The molecule has 1 aromatic rings. The van der Waals surface area contributed by atoms with Gasteiger partial charge in [-0.15, -0.1) is 0 Å². The quantitative estimate of drug-likeness (QED) is 0.831. The highest BCUT2D eigenvalue weighted by Gasteiger charge is 2.53. The Labute approximate surface area is 124 Å². The Morgan fingerprint density at radius 3 is 2.38 bits per heavy atom. The number of nitrogens with zero attached hydrogens (tertiary/aromatic N) is 2. The van der Waals surface area contributed by atoms with Crippen LogP contribution in [0.3, 0.4) is 0 Å². The van der Waals surface area contributed by atoms with E-state index in [1.165, 1.54) is 4.90 Å². The lowest BCUT2D eigenvalue weighted by Gasteiger charge is -2.32. The molecule has 21 heavy (non-hydrogen) atoms. The van der Waals surface area contributed by atoms with Crippen LogP contribution in [0.25, 0.3) is 0 Å². The molecule has 0 radical (unpaired) electrons. The lowest BCUT2D eigenvalue weighted by atomic mass is 9.98. The SMILES string of the molecule is O=C(N1CCCCC1)C1(O)CCN(c2ccccc2)C1=O. The van der Waals surface area contributed by atoms with E-state index >= 15 is 0 Å². The molecule has 2 saturated heterocycles. The zero-order valence-corrected chi connectivity index (χ0v) is 12.0. The molecular weight excluding hydrogens is 268 g/mol. The normalized spacial score (nSPS) is 26.2. The van der Waals surface area contributed by atoms with Crippen molar-refractivity contribution in [3.63, 3.8) is 0 Å². The van der Waals surface area contributed by atoms with Crippen molar-refractivity contribution in [2.24, 2.45) is 0 Å². The van der Waals surface area contributed by atoms with Crippen LogP contribution in [0, 0.1) is 0 Å². The fourth-order valence-corrected chi connectivity index (χ4v) is 3.12. The fraction of sp³-hybridized carbons (Fsp3) is 0.500. The average molecular weight is 288 g/mol. The largest absolute Gasteiger partial charge is 0.372 e. The minimum Gasteiger partial charge on any atom is -0.372 e. The number of piperidine rings is 1. The Morgan fingerprint density at radius 2 is 1.71 bits per heavy atom. The van der Waals surface area contributed by atoms with Crippen LogP contribution in [0.2, 0.25) is 0 Å². The Kier molecular flexibility index (Phi) is 3.68. The third-order valence-corrected chi connectivity index (χ3v) is 4.36. The average Bonchev–Trinajstić information content (AvgIpc) is 2.85. The van der Waals surface area contributed by atoms with E-state index in [-0.39, 0.29) is 6.42 Å². The predicted octanol–water partition coefficient (Wildman–Crippen LogP) is 1.17. The van der Waals surface area contributed by atoms with Gasteiger partial charge in [-0.2, -0.15) is 0 Å². The second-order valence-electron chi connectivity index (χ2n) is 5.76. The van der Waals surface area contributed by atoms with Crippen molar-refractivity contribution in [3.8, 4) is 0 Å². The summed E-state index contributed by atoms with van der Waals surface area (Å²) in [5.74, 6) is -0.921. The number of benzene rings is 1. The first-order valence-electron chi connectivity index (χ1n) is 7.52. The van der Waals surface area contributed by atoms with E-state index in [2.05, 4.69) is 0 Å². The molecule has 1 unspecified atom stereocenters. The van der Waals surface area contributed by atoms with Crippen molar-refractivity contribution in [1.29, 1.82) is 0 Å². The second-order valence-corrected chi connectivity index (χ2v) is 5.76. The van der Waals surface area contributed by atoms with Crippen LogP contribution >= 0.6 is 0 Å². The topological polar surface area (TPSA) is 60.9 Å². The van der Waals surface area contributed by atoms with Crippen molar-refractivity contribution < 1.29 is 14.7 Å². The zero-order chi connectivity index (χ0) is 14.9. The number of carbonyl (C=O) groups excluding carboxylic acids is 2. The van der Waals surface area contributed by atoms with Gasteiger partial charge in [-0.05, 0) is 31.4 Å². The molecule has 3 rings (SSSR count). The minimum absolute atomic E-state index is 0.163. The van der Waals surface area contributed by atoms with Gasteiger partial charge in [-0.1, -0.05) is 18.2 Å². The predicted molar refractivity (Wildman–Crippen MR) is 78.8 cm³/mol. The third kappa shape index (κ3) is 2.42. The number of hydrogen-bond acceptors (Lipinski definition) is 3. The molecule has 0 spiro atoms. The van der Waals surface area contributed by atoms with Gasteiger partial charge in [-0.25, -0.2) is 0 Å². The number of aliphatic hydroxyl groups is 1. The van der Waals surface area contributed by atoms with Gasteiger partial charge in [0.25, 0.3) is 11.8 Å². The molecule has 0 saturated carbocycles. The number of para-hydroxylation sites is 1. The van der Waals surface area contributed by atoms with Gasteiger partial charge >= 0.3 is 0 Å². The maximum atomic E-state index is 12.5. The van der Waals surface area contributed by atoms with Gasteiger partial charge in [0, 0.05) is 31.7 Å².